The Labute approximate surface area is 123 Å². The van der Waals surface area contributed by atoms with Crippen LogP contribution < -0.4 is 5.32 Å². The topological polar surface area (TPSA) is 46.2 Å². The highest BCUT2D eigenvalue weighted by atomic mass is 79.9. The van der Waals surface area contributed by atoms with Crippen molar-refractivity contribution in [3.63, 3.8) is 0 Å². The Hall–Kier alpha value is -0.460. The lowest BCUT2D eigenvalue weighted by molar-refractivity contribution is -0.122. The molecule has 1 unspecified atom stereocenters. The van der Waals surface area contributed by atoms with E-state index < -0.39 is 0 Å². The molecule has 2 rings (SSSR count). The van der Waals surface area contributed by atoms with E-state index in [-0.39, 0.29) is 17.1 Å². The van der Waals surface area contributed by atoms with Gasteiger partial charge < -0.3 is 5.32 Å². The molecule has 1 N–H and O–H groups in total. The maximum atomic E-state index is 11.7. The van der Waals surface area contributed by atoms with Crippen LogP contribution in [0.3, 0.4) is 0 Å². The summed E-state index contributed by atoms with van der Waals surface area (Å²) in [5.74, 6) is 1.05. The molecule has 0 bridgehead atoms. The predicted molar refractivity (Wildman–Crippen MR) is 78.9 cm³/mol. The molecular weight excluding hydrogens is 334 g/mol. The molecule has 0 aliphatic carbocycles. The Balaban J connectivity index is 1.82. The minimum absolute atomic E-state index is 0.0780. The Morgan fingerprint density at radius 1 is 1.50 bits per heavy atom. The van der Waals surface area contributed by atoms with Gasteiger partial charge in [-0.25, -0.2) is 0 Å². The fraction of sp³-hybridized carbons (Fsp3) is 0.333. The monoisotopic (exact) mass is 345 g/mol. The fourth-order valence-electron chi connectivity index (χ4n) is 1.57. The molecule has 1 aromatic carbocycles. The molecule has 1 saturated heterocycles. The van der Waals surface area contributed by atoms with Gasteiger partial charge >= 0.3 is 0 Å². The lowest BCUT2D eigenvalue weighted by atomic mass is 10.2. The Bertz CT molecular complexity index is 467. The second-order valence-corrected chi connectivity index (χ2v) is 6.77. The van der Waals surface area contributed by atoms with E-state index in [1.807, 2.05) is 24.3 Å². The molecule has 0 spiro atoms. The van der Waals surface area contributed by atoms with Gasteiger partial charge in [0.25, 0.3) is 0 Å². The van der Waals surface area contributed by atoms with Crippen molar-refractivity contribution in [2.24, 2.45) is 0 Å². The molecule has 1 aliphatic rings. The molecule has 3 nitrogen and oxygen atoms in total. The summed E-state index contributed by atoms with van der Waals surface area (Å²) in [6.45, 7) is 0. The number of amides is 1. The van der Waals surface area contributed by atoms with Gasteiger partial charge in [-0.2, -0.15) is 0 Å². The standard InChI is InChI=1S/C12H12BrNO2S2/c13-8-3-1-2-4-10(8)18-7-11(15)14-9-5-6-17-12(9)16/h1-4,9H,5-7H2,(H,14,15). The Morgan fingerprint density at radius 3 is 2.94 bits per heavy atom. The lowest BCUT2D eigenvalue weighted by Gasteiger charge is -2.10. The highest BCUT2D eigenvalue weighted by Gasteiger charge is 2.26. The molecule has 0 radical (unpaired) electrons. The van der Waals surface area contributed by atoms with Gasteiger partial charge in [-0.1, -0.05) is 23.9 Å². The van der Waals surface area contributed by atoms with Crippen molar-refractivity contribution in [2.75, 3.05) is 11.5 Å². The first kappa shape index (κ1) is 14.0. The molecular formula is C12H12BrNO2S2. The molecule has 0 saturated carbocycles. The summed E-state index contributed by atoms with van der Waals surface area (Å²) in [6, 6.07) is 7.48. The number of hydrogen-bond acceptors (Lipinski definition) is 4. The predicted octanol–water partition coefficient (Wildman–Crippen LogP) is 2.69. The van der Waals surface area contributed by atoms with Crippen LogP contribution in [0.2, 0.25) is 0 Å². The van der Waals surface area contributed by atoms with Crippen LogP contribution in [0.5, 0.6) is 0 Å². The van der Waals surface area contributed by atoms with E-state index in [1.165, 1.54) is 23.5 Å². The van der Waals surface area contributed by atoms with Gasteiger partial charge in [0, 0.05) is 15.1 Å². The van der Waals surface area contributed by atoms with Crippen molar-refractivity contribution in [2.45, 2.75) is 17.4 Å². The van der Waals surface area contributed by atoms with Gasteiger partial charge in [-0.3, -0.25) is 9.59 Å². The minimum Gasteiger partial charge on any atom is -0.345 e. The van der Waals surface area contributed by atoms with Crippen LogP contribution in [0.1, 0.15) is 6.42 Å². The van der Waals surface area contributed by atoms with Gasteiger partial charge in [-0.05, 0) is 34.5 Å². The summed E-state index contributed by atoms with van der Waals surface area (Å²) in [7, 11) is 0. The first-order valence-corrected chi connectivity index (χ1v) is 8.26. The molecule has 96 valence electrons. The van der Waals surface area contributed by atoms with Crippen LogP contribution in [0, 0.1) is 0 Å². The number of thioether (sulfide) groups is 2. The first-order chi connectivity index (χ1) is 8.66. The molecule has 1 fully saturated rings. The van der Waals surface area contributed by atoms with E-state index >= 15 is 0 Å². The van der Waals surface area contributed by atoms with Crippen LogP contribution in [-0.4, -0.2) is 28.6 Å². The molecule has 1 aliphatic heterocycles. The number of benzene rings is 1. The summed E-state index contributed by atoms with van der Waals surface area (Å²) >= 11 is 6.19. The molecule has 1 atom stereocenters. The summed E-state index contributed by atoms with van der Waals surface area (Å²) in [6.07, 6.45) is 0.745. The third-order valence-electron chi connectivity index (χ3n) is 2.47. The van der Waals surface area contributed by atoms with E-state index in [2.05, 4.69) is 21.2 Å². The smallest absolute Gasteiger partial charge is 0.230 e. The van der Waals surface area contributed by atoms with Crippen LogP contribution >= 0.6 is 39.5 Å². The first-order valence-electron chi connectivity index (χ1n) is 5.50. The number of rotatable bonds is 4. The van der Waals surface area contributed by atoms with E-state index in [9.17, 15) is 9.59 Å². The van der Waals surface area contributed by atoms with Crippen LogP contribution in [-0.2, 0) is 9.59 Å². The van der Waals surface area contributed by atoms with Crippen molar-refractivity contribution in [3.8, 4) is 0 Å². The lowest BCUT2D eigenvalue weighted by Crippen LogP contribution is -2.38. The number of nitrogens with one attached hydrogen (secondary N) is 1. The van der Waals surface area contributed by atoms with E-state index in [4.69, 9.17) is 0 Å². The third kappa shape index (κ3) is 3.76. The highest BCUT2D eigenvalue weighted by molar-refractivity contribution is 9.10. The van der Waals surface area contributed by atoms with E-state index in [0.29, 0.717) is 5.75 Å². The highest BCUT2D eigenvalue weighted by Crippen LogP contribution is 2.27. The average molecular weight is 346 g/mol. The maximum absolute atomic E-state index is 11.7. The molecule has 0 aromatic heterocycles. The van der Waals surface area contributed by atoms with Crippen molar-refractivity contribution >= 4 is 50.5 Å². The summed E-state index contributed by atoms with van der Waals surface area (Å²) in [4.78, 5) is 24.1. The quantitative estimate of drug-likeness (QED) is 0.852. The van der Waals surface area contributed by atoms with Gasteiger partial charge in [-0.15, -0.1) is 11.8 Å². The summed E-state index contributed by atoms with van der Waals surface area (Å²) in [5.41, 5.74) is 0. The molecule has 1 aromatic rings. The minimum atomic E-state index is -0.290. The van der Waals surface area contributed by atoms with Gasteiger partial charge in [0.05, 0.1) is 11.8 Å². The van der Waals surface area contributed by atoms with Crippen molar-refractivity contribution in [1.29, 1.82) is 0 Å². The molecule has 1 heterocycles. The van der Waals surface area contributed by atoms with Crippen LogP contribution in [0.25, 0.3) is 0 Å². The molecule has 6 heteroatoms. The Morgan fingerprint density at radius 2 is 2.28 bits per heavy atom. The average Bonchev–Trinajstić information content (AvgIpc) is 2.74. The van der Waals surface area contributed by atoms with Crippen molar-refractivity contribution in [1.82, 2.24) is 5.32 Å². The third-order valence-corrected chi connectivity index (χ3v) is 5.50. The van der Waals surface area contributed by atoms with E-state index in [0.717, 1.165) is 21.5 Å². The van der Waals surface area contributed by atoms with Gasteiger partial charge in [0.2, 0.25) is 11.0 Å². The number of hydrogen-bond donors (Lipinski definition) is 1. The SMILES string of the molecule is O=C(CSc1ccccc1Br)NC1CCSC1=O. The van der Waals surface area contributed by atoms with Gasteiger partial charge in [0.1, 0.15) is 0 Å². The fourth-order valence-corrected chi connectivity index (χ4v) is 3.88. The van der Waals surface area contributed by atoms with Gasteiger partial charge in [0.15, 0.2) is 0 Å². The summed E-state index contributed by atoms with van der Waals surface area (Å²) in [5, 5.41) is 2.85. The number of halogens is 1. The van der Waals surface area contributed by atoms with E-state index in [1.54, 1.807) is 0 Å². The normalized spacial score (nSPS) is 18.9. The summed E-state index contributed by atoms with van der Waals surface area (Å²) < 4.78 is 0.982. The zero-order valence-corrected chi connectivity index (χ0v) is 12.7. The molecule has 1 amide bonds. The number of carbonyl (C=O) groups excluding carboxylic acids is 2. The second kappa shape index (κ2) is 6.63. The Kier molecular flexibility index (Phi) is 5.14. The zero-order chi connectivity index (χ0) is 13.0. The maximum Gasteiger partial charge on any atom is 0.230 e. The van der Waals surface area contributed by atoms with Crippen LogP contribution in [0.15, 0.2) is 33.6 Å². The van der Waals surface area contributed by atoms with Crippen molar-refractivity contribution < 1.29 is 9.59 Å². The number of carbonyl (C=O) groups is 2. The second-order valence-electron chi connectivity index (χ2n) is 3.80. The van der Waals surface area contributed by atoms with Crippen LogP contribution in [0.4, 0.5) is 0 Å². The largest absolute Gasteiger partial charge is 0.345 e. The zero-order valence-electron chi connectivity index (χ0n) is 9.52. The molecule has 18 heavy (non-hydrogen) atoms. The van der Waals surface area contributed by atoms with Crippen molar-refractivity contribution in [3.05, 3.63) is 28.7 Å².